The van der Waals surface area contributed by atoms with E-state index in [0.29, 0.717) is 11.3 Å². The summed E-state index contributed by atoms with van der Waals surface area (Å²) in [5, 5.41) is 9.20. The highest BCUT2D eigenvalue weighted by molar-refractivity contribution is 7.86. The molecule has 1 fully saturated rings. The zero-order valence-corrected chi connectivity index (χ0v) is 10.8. The second kappa shape index (κ2) is 5.22. The highest BCUT2D eigenvalue weighted by Crippen LogP contribution is 2.28. The largest absolute Gasteiger partial charge is 0.392 e. The lowest BCUT2D eigenvalue weighted by atomic mass is 10.1. The van der Waals surface area contributed by atoms with Gasteiger partial charge in [0.15, 0.2) is 0 Å². The topological polar surface area (TPSA) is 87.6 Å². The number of carbonyl (C=O) groups is 1. The fraction of sp³-hybridized carbons (Fsp3) is 0.455. The van der Waals surface area contributed by atoms with E-state index in [-0.39, 0.29) is 25.5 Å². The van der Waals surface area contributed by atoms with E-state index in [2.05, 4.69) is 4.98 Å². The number of halogens is 1. The lowest BCUT2D eigenvalue weighted by molar-refractivity contribution is -0.117. The van der Waals surface area contributed by atoms with Crippen molar-refractivity contribution in [2.45, 2.75) is 13.0 Å². The number of aromatic nitrogens is 1. The van der Waals surface area contributed by atoms with Gasteiger partial charge >= 0.3 is 10.2 Å². The number of anilines is 1. The van der Waals surface area contributed by atoms with Crippen LogP contribution in [0.15, 0.2) is 18.5 Å². The third-order valence-electron chi connectivity index (χ3n) is 2.99. The molecule has 2 rings (SSSR count). The molecule has 104 valence electrons. The Morgan fingerprint density at radius 2 is 2.26 bits per heavy atom. The van der Waals surface area contributed by atoms with Crippen LogP contribution in [-0.2, 0) is 21.6 Å². The van der Waals surface area contributed by atoms with Crippen LogP contribution in [-0.4, -0.2) is 36.7 Å². The predicted molar refractivity (Wildman–Crippen MR) is 65.5 cm³/mol. The van der Waals surface area contributed by atoms with Crippen LogP contribution in [0.4, 0.5) is 9.57 Å². The molecule has 0 aliphatic carbocycles. The van der Waals surface area contributed by atoms with Crippen LogP contribution in [0.2, 0.25) is 0 Å². The second-order valence-electron chi connectivity index (χ2n) is 4.44. The highest BCUT2D eigenvalue weighted by atomic mass is 32.3. The monoisotopic (exact) mass is 288 g/mol. The lowest BCUT2D eigenvalue weighted by Gasteiger charge is -2.18. The van der Waals surface area contributed by atoms with Crippen molar-refractivity contribution in [1.29, 1.82) is 0 Å². The Balaban J connectivity index is 2.20. The maximum Gasteiger partial charge on any atom is 0.302 e. The maximum absolute atomic E-state index is 12.6. The minimum Gasteiger partial charge on any atom is -0.392 e. The highest BCUT2D eigenvalue weighted by Gasteiger charge is 2.34. The zero-order chi connectivity index (χ0) is 14.0. The lowest BCUT2D eigenvalue weighted by Crippen LogP contribution is -2.26. The van der Waals surface area contributed by atoms with Gasteiger partial charge in [0.1, 0.15) is 0 Å². The first-order valence-corrected chi connectivity index (χ1v) is 7.22. The number of nitrogens with zero attached hydrogens (tertiary/aromatic N) is 2. The van der Waals surface area contributed by atoms with E-state index in [1.165, 1.54) is 17.3 Å². The summed E-state index contributed by atoms with van der Waals surface area (Å²) in [6.07, 6.45) is 2.89. The van der Waals surface area contributed by atoms with E-state index in [9.17, 15) is 22.2 Å². The van der Waals surface area contributed by atoms with Crippen molar-refractivity contribution in [3.63, 3.8) is 0 Å². The molecule has 0 spiro atoms. The Labute approximate surface area is 110 Å². The summed E-state index contributed by atoms with van der Waals surface area (Å²) in [4.78, 5) is 17.1. The van der Waals surface area contributed by atoms with E-state index >= 15 is 0 Å². The molecule has 1 N–H and O–H groups in total. The van der Waals surface area contributed by atoms with Gasteiger partial charge in [-0.15, -0.1) is 3.89 Å². The quantitative estimate of drug-likeness (QED) is 0.801. The molecule has 1 aliphatic heterocycles. The number of pyridine rings is 1. The van der Waals surface area contributed by atoms with Crippen molar-refractivity contribution >= 4 is 21.8 Å². The summed E-state index contributed by atoms with van der Waals surface area (Å²) >= 11 is 0. The first-order chi connectivity index (χ1) is 8.90. The van der Waals surface area contributed by atoms with Crippen molar-refractivity contribution in [1.82, 2.24) is 4.98 Å². The molecule has 2 heterocycles. The molecular weight excluding hydrogens is 275 g/mol. The molecule has 1 amide bonds. The van der Waals surface area contributed by atoms with Crippen LogP contribution in [0.25, 0.3) is 0 Å². The molecule has 19 heavy (non-hydrogen) atoms. The minimum atomic E-state index is -4.60. The average molecular weight is 288 g/mol. The van der Waals surface area contributed by atoms with Crippen molar-refractivity contribution < 1.29 is 22.2 Å². The fourth-order valence-corrected chi connectivity index (χ4v) is 2.99. The summed E-state index contributed by atoms with van der Waals surface area (Å²) in [6.45, 7) is -0.144. The molecule has 0 saturated carbocycles. The Bertz CT molecular complexity index is 590. The van der Waals surface area contributed by atoms with E-state index in [0.717, 1.165) is 0 Å². The van der Waals surface area contributed by atoms with Gasteiger partial charge < -0.3 is 10.0 Å². The SMILES string of the molecule is O=C1CC(CS(=O)(=O)F)CN1c1cnccc1CO. The smallest absolute Gasteiger partial charge is 0.302 e. The Kier molecular flexibility index (Phi) is 3.81. The minimum absolute atomic E-state index is 0.0249. The standard InChI is InChI=1S/C11H13FN2O4S/c12-19(17,18)7-8-3-11(16)14(5-8)10-4-13-2-1-9(10)6-15/h1-2,4,8,15H,3,5-7H2. The maximum atomic E-state index is 12.6. The molecule has 1 aromatic heterocycles. The summed E-state index contributed by atoms with van der Waals surface area (Å²) in [7, 11) is -4.60. The van der Waals surface area contributed by atoms with Crippen LogP contribution < -0.4 is 4.90 Å². The van der Waals surface area contributed by atoms with Gasteiger partial charge in [0.2, 0.25) is 5.91 Å². The van der Waals surface area contributed by atoms with Crippen LogP contribution in [0.3, 0.4) is 0 Å². The van der Waals surface area contributed by atoms with Crippen molar-refractivity contribution in [2.24, 2.45) is 5.92 Å². The molecule has 0 radical (unpaired) electrons. The summed E-state index contributed by atoms with van der Waals surface area (Å²) < 4.78 is 33.9. The van der Waals surface area contributed by atoms with Gasteiger partial charge in [-0.05, 0) is 6.07 Å². The fourth-order valence-electron chi connectivity index (χ4n) is 2.20. The molecule has 0 aromatic carbocycles. The van der Waals surface area contributed by atoms with E-state index in [4.69, 9.17) is 0 Å². The number of amides is 1. The van der Waals surface area contributed by atoms with Crippen molar-refractivity contribution in [3.8, 4) is 0 Å². The summed E-state index contributed by atoms with van der Waals surface area (Å²) in [5.41, 5.74) is 0.959. The Hall–Kier alpha value is -1.54. The van der Waals surface area contributed by atoms with E-state index in [1.54, 1.807) is 6.07 Å². The zero-order valence-electron chi connectivity index (χ0n) is 9.99. The van der Waals surface area contributed by atoms with Crippen molar-refractivity contribution in [3.05, 3.63) is 24.0 Å². The van der Waals surface area contributed by atoms with Gasteiger partial charge in [-0.3, -0.25) is 9.78 Å². The molecule has 1 atom stereocenters. The molecule has 1 unspecified atom stereocenters. The number of hydrogen-bond donors (Lipinski definition) is 1. The molecular formula is C11H13FN2O4S. The van der Waals surface area contributed by atoms with Crippen LogP contribution in [0, 0.1) is 5.92 Å². The molecule has 8 heteroatoms. The Morgan fingerprint density at radius 3 is 2.89 bits per heavy atom. The first kappa shape index (κ1) is 13.9. The van der Waals surface area contributed by atoms with Crippen LogP contribution >= 0.6 is 0 Å². The molecule has 6 nitrogen and oxygen atoms in total. The van der Waals surface area contributed by atoms with Gasteiger partial charge in [0.05, 0.1) is 24.2 Å². The van der Waals surface area contributed by atoms with Crippen molar-refractivity contribution in [2.75, 3.05) is 17.2 Å². The van der Waals surface area contributed by atoms with Gasteiger partial charge in [-0.1, -0.05) is 0 Å². The van der Waals surface area contributed by atoms with Gasteiger partial charge in [0, 0.05) is 30.6 Å². The first-order valence-electron chi connectivity index (χ1n) is 5.67. The van der Waals surface area contributed by atoms with E-state index < -0.39 is 21.9 Å². The molecule has 0 bridgehead atoms. The summed E-state index contributed by atoms with van der Waals surface area (Å²) in [6, 6.07) is 1.57. The second-order valence-corrected chi connectivity index (χ2v) is 5.85. The van der Waals surface area contributed by atoms with Crippen LogP contribution in [0.5, 0.6) is 0 Å². The van der Waals surface area contributed by atoms with Gasteiger partial charge in [-0.25, -0.2) is 0 Å². The molecule has 1 aliphatic rings. The van der Waals surface area contributed by atoms with Crippen LogP contribution in [0.1, 0.15) is 12.0 Å². The normalized spacial score (nSPS) is 20.0. The Morgan fingerprint density at radius 1 is 1.53 bits per heavy atom. The van der Waals surface area contributed by atoms with Gasteiger partial charge in [-0.2, -0.15) is 8.42 Å². The molecule has 1 saturated heterocycles. The number of carbonyl (C=O) groups excluding carboxylic acids is 1. The third-order valence-corrected chi connectivity index (χ3v) is 3.86. The third kappa shape index (κ3) is 3.27. The number of aliphatic hydroxyl groups excluding tert-OH is 1. The number of rotatable bonds is 4. The number of hydrogen-bond acceptors (Lipinski definition) is 5. The van der Waals surface area contributed by atoms with E-state index in [1.807, 2.05) is 0 Å². The van der Waals surface area contributed by atoms with Gasteiger partial charge in [0.25, 0.3) is 0 Å². The predicted octanol–water partition coefficient (Wildman–Crippen LogP) is 0.226. The number of aliphatic hydroxyl groups is 1. The molecule has 1 aromatic rings. The summed E-state index contributed by atoms with van der Waals surface area (Å²) in [5.74, 6) is -1.53. The average Bonchev–Trinajstić information content (AvgIpc) is 2.67.